The number of aliphatic imine (C=N–C) groups is 1. The van der Waals surface area contributed by atoms with Crippen LogP contribution in [0.1, 0.15) is 24.1 Å². The molecule has 7 nitrogen and oxygen atoms in total. The van der Waals surface area contributed by atoms with Crippen LogP contribution in [0.3, 0.4) is 0 Å². The molecule has 2 heterocycles. The molecule has 2 aromatic rings. The average molecular weight is 287 g/mol. The average Bonchev–Trinajstić information content (AvgIpc) is 2.87. The van der Waals surface area contributed by atoms with Crippen molar-refractivity contribution in [1.29, 1.82) is 0 Å². The van der Waals surface area contributed by atoms with E-state index in [0.29, 0.717) is 13.1 Å². The molecule has 0 radical (unpaired) electrons. The van der Waals surface area contributed by atoms with Gasteiger partial charge in [0.25, 0.3) is 0 Å². The second kappa shape index (κ2) is 7.37. The summed E-state index contributed by atoms with van der Waals surface area (Å²) in [5.74, 6) is 1.60. The summed E-state index contributed by atoms with van der Waals surface area (Å²) >= 11 is 0. The zero-order valence-electron chi connectivity index (χ0n) is 12.7. The predicted octanol–water partition coefficient (Wildman–Crippen LogP) is 0.774. The number of guanidine groups is 1. The molecule has 21 heavy (non-hydrogen) atoms. The molecule has 0 aliphatic rings. The fourth-order valence-corrected chi connectivity index (χ4v) is 1.83. The van der Waals surface area contributed by atoms with Crippen molar-refractivity contribution in [1.82, 2.24) is 30.4 Å². The summed E-state index contributed by atoms with van der Waals surface area (Å²) < 4.78 is 1.73. The topological polar surface area (TPSA) is 80.0 Å². The number of rotatable bonds is 5. The summed E-state index contributed by atoms with van der Waals surface area (Å²) in [6.45, 7) is 5.92. The van der Waals surface area contributed by atoms with E-state index in [0.717, 1.165) is 29.7 Å². The smallest absolute Gasteiger partial charge is 0.192 e. The summed E-state index contributed by atoms with van der Waals surface area (Å²) in [5, 5.41) is 10.5. The minimum absolute atomic E-state index is 0.538. The van der Waals surface area contributed by atoms with Crippen LogP contribution in [0, 0.1) is 6.92 Å². The van der Waals surface area contributed by atoms with Crippen molar-refractivity contribution in [3.05, 3.63) is 41.7 Å². The highest BCUT2D eigenvalue weighted by Gasteiger charge is 2.03. The SMILES string of the molecule is CCNC(=NCc1cccc(C)n1)NCc1ncnn1C. The van der Waals surface area contributed by atoms with Gasteiger partial charge in [-0.25, -0.2) is 9.98 Å². The van der Waals surface area contributed by atoms with Gasteiger partial charge in [0, 0.05) is 19.3 Å². The molecule has 0 aliphatic heterocycles. The molecule has 0 aliphatic carbocycles. The van der Waals surface area contributed by atoms with Crippen molar-refractivity contribution in [2.24, 2.45) is 12.0 Å². The number of hydrogen-bond donors (Lipinski definition) is 2. The number of hydrogen-bond acceptors (Lipinski definition) is 4. The van der Waals surface area contributed by atoms with E-state index >= 15 is 0 Å². The normalized spacial score (nSPS) is 11.5. The lowest BCUT2D eigenvalue weighted by molar-refractivity contribution is 0.673. The van der Waals surface area contributed by atoms with Crippen molar-refractivity contribution in [3.8, 4) is 0 Å². The highest BCUT2D eigenvalue weighted by atomic mass is 15.3. The lowest BCUT2D eigenvalue weighted by Gasteiger charge is -2.10. The number of nitrogens with one attached hydrogen (secondary N) is 2. The third kappa shape index (κ3) is 4.55. The second-order valence-corrected chi connectivity index (χ2v) is 4.62. The Kier molecular flexibility index (Phi) is 5.25. The van der Waals surface area contributed by atoms with Gasteiger partial charge in [0.1, 0.15) is 12.2 Å². The van der Waals surface area contributed by atoms with E-state index in [1.807, 2.05) is 39.1 Å². The lowest BCUT2D eigenvalue weighted by Crippen LogP contribution is -2.37. The molecule has 0 aromatic carbocycles. The molecule has 2 N–H and O–H groups in total. The minimum atomic E-state index is 0.538. The molecule has 0 unspecified atom stereocenters. The monoisotopic (exact) mass is 287 g/mol. The Labute approximate surface area is 124 Å². The summed E-state index contributed by atoms with van der Waals surface area (Å²) in [7, 11) is 1.87. The number of aryl methyl sites for hydroxylation is 2. The molecule has 0 amide bonds. The predicted molar refractivity (Wildman–Crippen MR) is 81.6 cm³/mol. The van der Waals surface area contributed by atoms with Gasteiger partial charge in [0.15, 0.2) is 5.96 Å². The molecule has 0 atom stereocenters. The maximum absolute atomic E-state index is 4.53. The van der Waals surface area contributed by atoms with Crippen LogP contribution in [0.25, 0.3) is 0 Å². The Bertz CT molecular complexity index is 603. The van der Waals surface area contributed by atoms with Crippen molar-refractivity contribution >= 4 is 5.96 Å². The van der Waals surface area contributed by atoms with Gasteiger partial charge in [-0.05, 0) is 26.0 Å². The van der Waals surface area contributed by atoms with Gasteiger partial charge in [0.05, 0.1) is 18.8 Å². The Balaban J connectivity index is 1.97. The number of pyridine rings is 1. The summed E-state index contributed by atoms with van der Waals surface area (Å²) in [6.07, 6.45) is 1.54. The summed E-state index contributed by atoms with van der Waals surface area (Å²) in [5.41, 5.74) is 1.95. The molecular weight excluding hydrogens is 266 g/mol. The molecule has 0 bridgehead atoms. The Morgan fingerprint density at radius 3 is 2.86 bits per heavy atom. The fraction of sp³-hybridized carbons (Fsp3) is 0.429. The third-order valence-corrected chi connectivity index (χ3v) is 2.91. The van der Waals surface area contributed by atoms with E-state index in [2.05, 4.69) is 30.7 Å². The highest BCUT2D eigenvalue weighted by Crippen LogP contribution is 1.99. The van der Waals surface area contributed by atoms with Crippen LogP contribution in [0.5, 0.6) is 0 Å². The zero-order chi connectivity index (χ0) is 15.1. The highest BCUT2D eigenvalue weighted by molar-refractivity contribution is 5.79. The first-order valence-corrected chi connectivity index (χ1v) is 6.96. The maximum atomic E-state index is 4.53. The molecule has 112 valence electrons. The first kappa shape index (κ1) is 15.0. The standard InChI is InChI=1S/C14H21N7/c1-4-15-14(17-9-13-18-10-19-21(13)3)16-8-12-7-5-6-11(2)20-12/h5-7,10H,4,8-9H2,1-3H3,(H2,15,16,17). The van der Waals surface area contributed by atoms with Crippen LogP contribution in [-0.2, 0) is 20.1 Å². The molecule has 0 saturated heterocycles. The van der Waals surface area contributed by atoms with E-state index in [-0.39, 0.29) is 0 Å². The van der Waals surface area contributed by atoms with E-state index < -0.39 is 0 Å². The molecule has 2 aromatic heterocycles. The van der Waals surface area contributed by atoms with Crippen LogP contribution in [0.2, 0.25) is 0 Å². The maximum Gasteiger partial charge on any atom is 0.192 e. The Hall–Kier alpha value is -2.44. The van der Waals surface area contributed by atoms with Crippen LogP contribution in [0.15, 0.2) is 29.5 Å². The Morgan fingerprint density at radius 1 is 1.33 bits per heavy atom. The van der Waals surface area contributed by atoms with E-state index in [9.17, 15) is 0 Å². The summed E-state index contributed by atoms with van der Waals surface area (Å²) in [6, 6.07) is 5.95. The van der Waals surface area contributed by atoms with Crippen molar-refractivity contribution in [3.63, 3.8) is 0 Å². The minimum Gasteiger partial charge on any atom is -0.357 e. The number of nitrogens with zero attached hydrogens (tertiary/aromatic N) is 5. The molecule has 0 fully saturated rings. The molecular formula is C14H21N7. The van der Waals surface area contributed by atoms with Gasteiger partial charge in [-0.1, -0.05) is 6.07 Å². The molecule has 0 spiro atoms. The van der Waals surface area contributed by atoms with E-state index in [1.54, 1.807) is 4.68 Å². The van der Waals surface area contributed by atoms with Crippen LogP contribution < -0.4 is 10.6 Å². The van der Waals surface area contributed by atoms with Crippen molar-refractivity contribution < 1.29 is 0 Å². The zero-order valence-corrected chi connectivity index (χ0v) is 12.7. The van der Waals surface area contributed by atoms with Gasteiger partial charge < -0.3 is 10.6 Å². The lowest BCUT2D eigenvalue weighted by atomic mass is 10.3. The van der Waals surface area contributed by atoms with Crippen LogP contribution >= 0.6 is 0 Å². The van der Waals surface area contributed by atoms with Gasteiger partial charge in [-0.15, -0.1) is 0 Å². The van der Waals surface area contributed by atoms with Gasteiger partial charge in [-0.3, -0.25) is 9.67 Å². The van der Waals surface area contributed by atoms with E-state index in [4.69, 9.17) is 0 Å². The first-order valence-electron chi connectivity index (χ1n) is 6.96. The van der Waals surface area contributed by atoms with Gasteiger partial charge in [0.2, 0.25) is 0 Å². The quantitative estimate of drug-likeness (QED) is 0.627. The van der Waals surface area contributed by atoms with Crippen molar-refractivity contribution in [2.75, 3.05) is 6.54 Å². The molecule has 7 heteroatoms. The second-order valence-electron chi connectivity index (χ2n) is 4.62. The van der Waals surface area contributed by atoms with Crippen molar-refractivity contribution in [2.45, 2.75) is 26.9 Å². The molecule has 0 saturated carbocycles. The first-order chi connectivity index (χ1) is 10.2. The van der Waals surface area contributed by atoms with Crippen LogP contribution in [0.4, 0.5) is 0 Å². The third-order valence-electron chi connectivity index (χ3n) is 2.91. The molecule has 2 rings (SSSR count). The Morgan fingerprint density at radius 2 is 2.19 bits per heavy atom. The number of aromatic nitrogens is 4. The van der Waals surface area contributed by atoms with E-state index in [1.165, 1.54) is 6.33 Å². The summed E-state index contributed by atoms with van der Waals surface area (Å²) in [4.78, 5) is 13.1. The largest absolute Gasteiger partial charge is 0.357 e. The van der Waals surface area contributed by atoms with Gasteiger partial charge >= 0.3 is 0 Å². The van der Waals surface area contributed by atoms with Crippen LogP contribution in [-0.4, -0.2) is 32.3 Å². The fourth-order valence-electron chi connectivity index (χ4n) is 1.83. The van der Waals surface area contributed by atoms with Gasteiger partial charge in [-0.2, -0.15) is 5.10 Å².